The van der Waals surface area contributed by atoms with Gasteiger partial charge in [-0.2, -0.15) is 0 Å². The number of nitrogens with two attached hydrogens (primary N) is 1. The second kappa shape index (κ2) is 5.81. The molecule has 2 unspecified atom stereocenters. The third kappa shape index (κ3) is 3.09. The molecule has 2 atom stereocenters. The van der Waals surface area contributed by atoms with Crippen LogP contribution in [0.15, 0.2) is 12.1 Å². The van der Waals surface area contributed by atoms with E-state index in [2.05, 4.69) is 6.92 Å². The van der Waals surface area contributed by atoms with Gasteiger partial charge in [-0.15, -0.1) is 0 Å². The molecular formula is C14H20ClNO2. The van der Waals surface area contributed by atoms with Crippen molar-refractivity contribution >= 4 is 11.6 Å². The highest BCUT2D eigenvalue weighted by molar-refractivity contribution is 6.31. The molecule has 1 aromatic rings. The summed E-state index contributed by atoms with van der Waals surface area (Å²) in [6.45, 7) is 5.38. The van der Waals surface area contributed by atoms with E-state index >= 15 is 0 Å². The van der Waals surface area contributed by atoms with Crippen molar-refractivity contribution in [1.82, 2.24) is 0 Å². The Bertz CT molecular complexity index is 421. The van der Waals surface area contributed by atoms with E-state index in [-0.39, 0.29) is 6.04 Å². The molecule has 2 N–H and O–H groups in total. The molecule has 0 aromatic heterocycles. The molecule has 0 fully saturated rings. The van der Waals surface area contributed by atoms with Crippen molar-refractivity contribution in [2.24, 2.45) is 5.73 Å². The van der Waals surface area contributed by atoms with E-state index in [4.69, 9.17) is 26.8 Å². The molecule has 1 aliphatic heterocycles. The van der Waals surface area contributed by atoms with Crippen molar-refractivity contribution in [3.8, 4) is 11.5 Å². The average molecular weight is 270 g/mol. The highest BCUT2D eigenvalue weighted by Crippen LogP contribution is 2.39. The molecule has 0 saturated carbocycles. The molecule has 0 aliphatic carbocycles. The summed E-state index contributed by atoms with van der Waals surface area (Å²) in [5, 5.41) is 0.747. The van der Waals surface area contributed by atoms with Crippen LogP contribution in [0, 0.1) is 0 Å². The van der Waals surface area contributed by atoms with Gasteiger partial charge in [0, 0.05) is 17.1 Å². The number of benzene rings is 1. The Labute approximate surface area is 113 Å². The molecular weight excluding hydrogens is 250 g/mol. The molecule has 1 aromatic carbocycles. The van der Waals surface area contributed by atoms with Gasteiger partial charge in [0.15, 0.2) is 11.5 Å². The van der Waals surface area contributed by atoms with Gasteiger partial charge in [0.05, 0.1) is 0 Å². The van der Waals surface area contributed by atoms with Crippen LogP contribution >= 0.6 is 11.6 Å². The highest BCUT2D eigenvalue weighted by atomic mass is 35.5. The molecule has 1 heterocycles. The van der Waals surface area contributed by atoms with Crippen LogP contribution in [-0.2, 0) is 0 Å². The minimum absolute atomic E-state index is 0.225. The largest absolute Gasteiger partial charge is 0.486 e. The van der Waals surface area contributed by atoms with E-state index in [0.717, 1.165) is 34.9 Å². The van der Waals surface area contributed by atoms with Gasteiger partial charge < -0.3 is 15.2 Å². The van der Waals surface area contributed by atoms with Crippen LogP contribution in [0.1, 0.15) is 38.2 Å². The zero-order chi connectivity index (χ0) is 13.1. The molecule has 100 valence electrons. The summed E-state index contributed by atoms with van der Waals surface area (Å²) in [6, 6.07) is 4.08. The molecule has 0 amide bonds. The fourth-order valence-corrected chi connectivity index (χ4v) is 2.47. The van der Waals surface area contributed by atoms with Crippen molar-refractivity contribution in [3.63, 3.8) is 0 Å². The second-order valence-electron chi connectivity index (χ2n) is 4.97. The Morgan fingerprint density at radius 1 is 1.17 bits per heavy atom. The number of ether oxygens (including phenoxy) is 2. The lowest BCUT2D eigenvalue weighted by Gasteiger charge is -2.22. The van der Waals surface area contributed by atoms with Gasteiger partial charge in [0.25, 0.3) is 0 Å². The van der Waals surface area contributed by atoms with Crippen LogP contribution in [-0.4, -0.2) is 19.3 Å². The Hall–Kier alpha value is -0.930. The molecule has 18 heavy (non-hydrogen) atoms. The van der Waals surface area contributed by atoms with Crippen LogP contribution in [0.2, 0.25) is 5.02 Å². The first-order valence-corrected chi connectivity index (χ1v) is 6.80. The van der Waals surface area contributed by atoms with Gasteiger partial charge in [-0.25, -0.2) is 0 Å². The summed E-state index contributed by atoms with van der Waals surface area (Å²) < 4.78 is 11.1. The summed E-state index contributed by atoms with van der Waals surface area (Å²) in [5.41, 5.74) is 6.90. The van der Waals surface area contributed by atoms with E-state index in [0.29, 0.717) is 19.1 Å². The zero-order valence-electron chi connectivity index (χ0n) is 10.9. The maximum atomic E-state index is 6.30. The van der Waals surface area contributed by atoms with Crippen LogP contribution in [0.4, 0.5) is 0 Å². The predicted molar refractivity (Wildman–Crippen MR) is 73.7 cm³/mol. The summed E-state index contributed by atoms with van der Waals surface area (Å²) in [5.74, 6) is 1.92. The normalized spacial score (nSPS) is 17.3. The minimum atomic E-state index is 0.225. The van der Waals surface area contributed by atoms with Crippen molar-refractivity contribution in [2.45, 2.75) is 38.6 Å². The maximum Gasteiger partial charge on any atom is 0.162 e. The first kappa shape index (κ1) is 13.5. The van der Waals surface area contributed by atoms with Gasteiger partial charge in [-0.3, -0.25) is 0 Å². The number of fused-ring (bicyclic) bond motifs is 1. The van der Waals surface area contributed by atoms with Crippen LogP contribution in [0.5, 0.6) is 11.5 Å². The van der Waals surface area contributed by atoms with E-state index < -0.39 is 0 Å². The Balaban J connectivity index is 2.17. The van der Waals surface area contributed by atoms with E-state index in [1.807, 2.05) is 19.1 Å². The first-order valence-electron chi connectivity index (χ1n) is 6.42. The SMILES string of the molecule is CC(N)CCC(C)c1cc2c(cc1Cl)OCCO2. The van der Waals surface area contributed by atoms with Gasteiger partial charge >= 0.3 is 0 Å². The Morgan fingerprint density at radius 2 is 1.78 bits per heavy atom. The third-order valence-corrected chi connectivity index (χ3v) is 3.57. The summed E-state index contributed by atoms with van der Waals surface area (Å²) in [7, 11) is 0. The van der Waals surface area contributed by atoms with Crippen LogP contribution in [0.3, 0.4) is 0 Å². The van der Waals surface area contributed by atoms with E-state index in [9.17, 15) is 0 Å². The van der Waals surface area contributed by atoms with Crippen molar-refractivity contribution in [1.29, 1.82) is 0 Å². The van der Waals surface area contributed by atoms with Crippen molar-refractivity contribution in [3.05, 3.63) is 22.7 Å². The molecule has 0 spiro atoms. The lowest BCUT2D eigenvalue weighted by atomic mass is 9.94. The maximum absolute atomic E-state index is 6.30. The number of halogens is 1. The molecule has 0 radical (unpaired) electrons. The smallest absolute Gasteiger partial charge is 0.162 e. The standard InChI is InChI=1S/C14H20ClNO2/c1-9(3-4-10(2)16)11-7-13-14(8-12(11)15)18-6-5-17-13/h7-10H,3-6,16H2,1-2H3. The topological polar surface area (TPSA) is 44.5 Å². The molecule has 0 bridgehead atoms. The highest BCUT2D eigenvalue weighted by Gasteiger charge is 2.18. The fourth-order valence-electron chi connectivity index (χ4n) is 2.13. The van der Waals surface area contributed by atoms with Gasteiger partial charge in [-0.05, 0) is 37.3 Å². The van der Waals surface area contributed by atoms with Crippen LogP contribution in [0.25, 0.3) is 0 Å². The number of rotatable bonds is 4. The van der Waals surface area contributed by atoms with Crippen LogP contribution < -0.4 is 15.2 Å². The molecule has 1 aliphatic rings. The first-order chi connectivity index (χ1) is 8.58. The number of hydrogen-bond acceptors (Lipinski definition) is 3. The van der Waals surface area contributed by atoms with E-state index in [1.54, 1.807) is 0 Å². The molecule has 0 saturated heterocycles. The minimum Gasteiger partial charge on any atom is -0.486 e. The number of hydrogen-bond donors (Lipinski definition) is 1. The summed E-state index contributed by atoms with van der Waals surface area (Å²) >= 11 is 6.30. The van der Waals surface area contributed by atoms with Gasteiger partial charge in [-0.1, -0.05) is 18.5 Å². The van der Waals surface area contributed by atoms with Gasteiger partial charge in [0.1, 0.15) is 13.2 Å². The Kier molecular flexibility index (Phi) is 4.36. The summed E-state index contributed by atoms with van der Waals surface area (Å²) in [4.78, 5) is 0. The predicted octanol–water partition coefficient (Wildman–Crippen LogP) is 3.34. The molecule has 2 rings (SSSR count). The third-order valence-electron chi connectivity index (χ3n) is 3.25. The quantitative estimate of drug-likeness (QED) is 0.912. The van der Waals surface area contributed by atoms with E-state index in [1.165, 1.54) is 0 Å². The average Bonchev–Trinajstić information content (AvgIpc) is 2.35. The fraction of sp³-hybridized carbons (Fsp3) is 0.571. The lowest BCUT2D eigenvalue weighted by Crippen LogP contribution is -2.17. The summed E-state index contributed by atoms with van der Waals surface area (Å²) in [6.07, 6.45) is 2.02. The monoisotopic (exact) mass is 269 g/mol. The molecule has 3 nitrogen and oxygen atoms in total. The van der Waals surface area contributed by atoms with Crippen molar-refractivity contribution < 1.29 is 9.47 Å². The zero-order valence-corrected chi connectivity index (χ0v) is 11.7. The Morgan fingerprint density at radius 3 is 2.39 bits per heavy atom. The van der Waals surface area contributed by atoms with Gasteiger partial charge in [0.2, 0.25) is 0 Å². The lowest BCUT2D eigenvalue weighted by molar-refractivity contribution is 0.171. The molecule has 4 heteroatoms. The second-order valence-corrected chi connectivity index (χ2v) is 5.38. The van der Waals surface area contributed by atoms with Crippen molar-refractivity contribution in [2.75, 3.05) is 13.2 Å².